The summed E-state index contributed by atoms with van der Waals surface area (Å²) >= 11 is 4.82. The third kappa shape index (κ3) is 4.07. The quantitative estimate of drug-likeness (QED) is 0.798. The summed E-state index contributed by atoms with van der Waals surface area (Å²) in [4.78, 5) is 16.2. The van der Waals surface area contributed by atoms with Crippen LogP contribution in [0, 0.1) is 5.41 Å². The van der Waals surface area contributed by atoms with Crippen molar-refractivity contribution in [1.82, 2.24) is 10.3 Å². The maximum absolute atomic E-state index is 11.9. The number of rotatable bonds is 5. The van der Waals surface area contributed by atoms with Gasteiger partial charge in [0.2, 0.25) is 0 Å². The Balaban J connectivity index is 2.65. The van der Waals surface area contributed by atoms with Gasteiger partial charge in [0.25, 0.3) is 5.91 Å². The Hall–Kier alpha value is -1.49. The van der Waals surface area contributed by atoms with Gasteiger partial charge in [0, 0.05) is 18.3 Å². The van der Waals surface area contributed by atoms with Crippen LogP contribution in [0.2, 0.25) is 0 Å². The van der Waals surface area contributed by atoms with Crippen LogP contribution in [0.25, 0.3) is 0 Å². The number of nitrogens with zero attached hydrogens (tertiary/aromatic N) is 1. The van der Waals surface area contributed by atoms with Gasteiger partial charge in [-0.3, -0.25) is 9.78 Å². The Morgan fingerprint density at radius 2 is 2.17 bits per heavy atom. The summed E-state index contributed by atoms with van der Waals surface area (Å²) in [7, 11) is 0. The minimum absolute atomic E-state index is 0.0917. The second-order valence-corrected chi connectivity index (χ2v) is 5.44. The van der Waals surface area contributed by atoms with Crippen molar-refractivity contribution >= 4 is 23.1 Å². The average Bonchev–Trinajstić information content (AvgIpc) is 2.36. The zero-order valence-electron chi connectivity index (χ0n) is 11.0. The molecule has 0 aliphatic carbocycles. The highest BCUT2D eigenvalue weighted by molar-refractivity contribution is 7.80. The molecule has 3 N–H and O–H groups in total. The lowest BCUT2D eigenvalue weighted by Gasteiger charge is -2.22. The average molecular weight is 265 g/mol. The minimum atomic E-state index is -0.175. The first-order valence-corrected chi connectivity index (χ1v) is 6.30. The molecule has 0 aromatic carbocycles. The molecule has 0 bridgehead atoms. The van der Waals surface area contributed by atoms with Crippen molar-refractivity contribution in [2.45, 2.75) is 27.2 Å². The Bertz CT molecular complexity index is 440. The van der Waals surface area contributed by atoms with Gasteiger partial charge in [-0.15, -0.1) is 0 Å². The molecule has 0 spiro atoms. The number of nitrogens with one attached hydrogen (secondary N) is 1. The van der Waals surface area contributed by atoms with E-state index in [2.05, 4.69) is 31.1 Å². The smallest absolute Gasteiger partial charge is 0.269 e. The third-order valence-corrected chi connectivity index (χ3v) is 3.20. The number of pyridine rings is 1. The van der Waals surface area contributed by atoms with Crippen molar-refractivity contribution in [2.24, 2.45) is 11.1 Å². The van der Waals surface area contributed by atoms with Crippen LogP contribution in [0.1, 0.15) is 43.2 Å². The fourth-order valence-corrected chi connectivity index (χ4v) is 1.33. The van der Waals surface area contributed by atoms with E-state index in [4.69, 9.17) is 18.0 Å². The first-order chi connectivity index (χ1) is 8.35. The van der Waals surface area contributed by atoms with E-state index >= 15 is 0 Å². The van der Waals surface area contributed by atoms with E-state index < -0.39 is 0 Å². The van der Waals surface area contributed by atoms with Crippen LogP contribution in [0.5, 0.6) is 0 Å². The van der Waals surface area contributed by atoms with E-state index in [1.807, 2.05) is 0 Å². The molecule has 5 heteroatoms. The Labute approximate surface area is 113 Å². The number of nitrogens with two attached hydrogens (primary N) is 1. The normalized spacial score (nSPS) is 11.1. The van der Waals surface area contributed by atoms with Crippen LogP contribution in [0.4, 0.5) is 0 Å². The molecule has 0 saturated carbocycles. The van der Waals surface area contributed by atoms with Crippen molar-refractivity contribution in [3.63, 3.8) is 0 Å². The molecule has 4 nitrogen and oxygen atoms in total. The monoisotopic (exact) mass is 265 g/mol. The van der Waals surface area contributed by atoms with Crippen LogP contribution >= 0.6 is 12.2 Å². The fourth-order valence-electron chi connectivity index (χ4n) is 1.21. The van der Waals surface area contributed by atoms with Crippen LogP contribution in [0.3, 0.4) is 0 Å². The highest BCUT2D eigenvalue weighted by atomic mass is 32.1. The molecule has 0 atom stereocenters. The van der Waals surface area contributed by atoms with Gasteiger partial charge in [-0.1, -0.05) is 33.0 Å². The highest BCUT2D eigenvalue weighted by Gasteiger charge is 2.17. The van der Waals surface area contributed by atoms with E-state index in [0.717, 1.165) is 6.42 Å². The van der Waals surface area contributed by atoms with Gasteiger partial charge in [-0.2, -0.15) is 0 Å². The summed E-state index contributed by atoms with van der Waals surface area (Å²) in [6.45, 7) is 6.94. The number of thiocarbonyl (C=S) groups is 1. The van der Waals surface area contributed by atoms with Gasteiger partial charge in [0.15, 0.2) is 0 Å². The van der Waals surface area contributed by atoms with Crippen LogP contribution in [-0.2, 0) is 0 Å². The van der Waals surface area contributed by atoms with Crippen molar-refractivity contribution in [2.75, 3.05) is 6.54 Å². The molecule has 1 aromatic rings. The molecule has 0 unspecified atom stereocenters. The molecule has 1 heterocycles. The van der Waals surface area contributed by atoms with Gasteiger partial charge in [0.1, 0.15) is 10.7 Å². The van der Waals surface area contributed by atoms with E-state index in [-0.39, 0.29) is 16.3 Å². The largest absolute Gasteiger partial charge is 0.389 e. The molecule has 18 heavy (non-hydrogen) atoms. The van der Waals surface area contributed by atoms with Gasteiger partial charge in [-0.25, -0.2) is 0 Å². The van der Waals surface area contributed by atoms with E-state index in [1.54, 1.807) is 12.1 Å². The Kier molecular flexibility index (Phi) is 4.78. The zero-order valence-corrected chi connectivity index (χ0v) is 11.8. The highest BCUT2D eigenvalue weighted by Crippen LogP contribution is 2.17. The van der Waals surface area contributed by atoms with Crippen molar-refractivity contribution in [1.29, 1.82) is 0 Å². The minimum Gasteiger partial charge on any atom is -0.389 e. The van der Waals surface area contributed by atoms with E-state index in [9.17, 15) is 4.79 Å². The molecular weight excluding hydrogens is 246 g/mol. The van der Waals surface area contributed by atoms with Gasteiger partial charge in [0.05, 0.1) is 0 Å². The molecular formula is C13H19N3OS. The summed E-state index contributed by atoms with van der Waals surface area (Å²) in [6, 6.07) is 3.33. The fraction of sp³-hybridized carbons (Fsp3) is 0.462. The maximum atomic E-state index is 11.9. The first kappa shape index (κ1) is 14.6. The van der Waals surface area contributed by atoms with E-state index in [1.165, 1.54) is 6.20 Å². The lowest BCUT2D eigenvalue weighted by molar-refractivity contribution is 0.0930. The molecule has 98 valence electrons. The summed E-state index contributed by atoms with van der Waals surface area (Å²) < 4.78 is 0. The number of hydrogen-bond donors (Lipinski definition) is 2. The van der Waals surface area contributed by atoms with Crippen LogP contribution < -0.4 is 11.1 Å². The Morgan fingerprint density at radius 1 is 1.50 bits per heavy atom. The second kappa shape index (κ2) is 5.91. The van der Waals surface area contributed by atoms with E-state index in [0.29, 0.717) is 17.8 Å². The van der Waals surface area contributed by atoms with Crippen molar-refractivity contribution in [3.05, 3.63) is 29.6 Å². The molecule has 0 saturated heterocycles. The summed E-state index contributed by atoms with van der Waals surface area (Å²) in [6.07, 6.45) is 2.52. The standard InChI is InChI=1S/C13H19N3OS/c1-4-13(2,3)8-16-12(17)10-6-5-9(7-15-10)11(14)18/h5-7H,4,8H2,1-3H3,(H2,14,18)(H,16,17). The van der Waals surface area contributed by atoms with Crippen molar-refractivity contribution < 1.29 is 4.79 Å². The molecule has 0 aliphatic rings. The topological polar surface area (TPSA) is 68.0 Å². The summed E-state index contributed by atoms with van der Waals surface area (Å²) in [5.41, 5.74) is 6.60. The predicted molar refractivity (Wildman–Crippen MR) is 76.5 cm³/mol. The van der Waals surface area contributed by atoms with Crippen LogP contribution in [0.15, 0.2) is 18.3 Å². The molecule has 1 aromatic heterocycles. The van der Waals surface area contributed by atoms with Gasteiger partial charge < -0.3 is 11.1 Å². The van der Waals surface area contributed by atoms with Gasteiger partial charge >= 0.3 is 0 Å². The lowest BCUT2D eigenvalue weighted by Crippen LogP contribution is -2.34. The number of carbonyl (C=O) groups is 1. The molecule has 1 amide bonds. The molecule has 1 rings (SSSR count). The number of amides is 1. The lowest BCUT2D eigenvalue weighted by atomic mass is 9.90. The van der Waals surface area contributed by atoms with Crippen molar-refractivity contribution in [3.8, 4) is 0 Å². The van der Waals surface area contributed by atoms with Gasteiger partial charge in [-0.05, 0) is 24.0 Å². The molecule has 0 fully saturated rings. The number of hydrogen-bond acceptors (Lipinski definition) is 3. The number of carbonyl (C=O) groups excluding carboxylic acids is 1. The number of aromatic nitrogens is 1. The first-order valence-electron chi connectivity index (χ1n) is 5.90. The summed E-state index contributed by atoms with van der Waals surface area (Å²) in [5.74, 6) is -0.175. The molecule has 0 aliphatic heterocycles. The third-order valence-electron chi connectivity index (χ3n) is 2.97. The SMILES string of the molecule is CCC(C)(C)CNC(=O)c1ccc(C(N)=S)cn1. The van der Waals surface area contributed by atoms with Crippen LogP contribution in [-0.4, -0.2) is 22.4 Å². The summed E-state index contributed by atoms with van der Waals surface area (Å²) in [5, 5.41) is 2.87. The maximum Gasteiger partial charge on any atom is 0.269 e. The zero-order chi connectivity index (χ0) is 13.8. The second-order valence-electron chi connectivity index (χ2n) is 5.00. The predicted octanol–water partition coefficient (Wildman–Crippen LogP) is 1.88. The molecule has 0 radical (unpaired) electrons. The Morgan fingerprint density at radius 3 is 2.61 bits per heavy atom.